The molecule has 0 aliphatic carbocycles. The number of benzene rings is 2. The molecule has 0 aromatic heterocycles. The van der Waals surface area contributed by atoms with Gasteiger partial charge >= 0.3 is 6.03 Å². The van der Waals surface area contributed by atoms with Gasteiger partial charge in [-0.25, -0.2) is 26.8 Å². The molecular weight excluding hydrogens is 436 g/mol. The van der Waals surface area contributed by atoms with Crippen LogP contribution in [-0.4, -0.2) is 49.4 Å². The summed E-state index contributed by atoms with van der Waals surface area (Å²) in [5.41, 5.74) is 0.543. The molecule has 11 nitrogen and oxygen atoms in total. The van der Waals surface area contributed by atoms with Crippen LogP contribution in [-0.2, 0) is 20.0 Å². The SMILES string of the molecule is COc1ccc(NC(=O)NCCS(=O)(=O)Nc2ccc(S(N)(=O)=O)cc2)c(OC)c1. The van der Waals surface area contributed by atoms with Crippen molar-refractivity contribution >= 4 is 37.5 Å². The predicted octanol–water partition coefficient (Wildman–Crippen LogP) is 0.915. The average Bonchev–Trinajstić information content (AvgIpc) is 2.67. The highest BCUT2D eigenvalue weighted by Crippen LogP contribution is 2.28. The summed E-state index contributed by atoms with van der Waals surface area (Å²) < 4.78 is 59.2. The van der Waals surface area contributed by atoms with E-state index in [4.69, 9.17) is 14.6 Å². The smallest absolute Gasteiger partial charge is 0.319 e. The Hall–Kier alpha value is -3.03. The highest BCUT2D eigenvalue weighted by Gasteiger charge is 2.14. The molecule has 0 spiro atoms. The minimum atomic E-state index is -3.87. The molecule has 0 saturated heterocycles. The van der Waals surface area contributed by atoms with Crippen molar-refractivity contribution in [1.82, 2.24) is 5.32 Å². The molecule has 164 valence electrons. The number of nitrogens with two attached hydrogens (primary N) is 1. The zero-order valence-electron chi connectivity index (χ0n) is 16.2. The molecule has 0 radical (unpaired) electrons. The molecule has 0 heterocycles. The van der Waals surface area contributed by atoms with Crippen LogP contribution >= 0.6 is 0 Å². The van der Waals surface area contributed by atoms with Gasteiger partial charge in [0.05, 0.1) is 30.6 Å². The number of hydrogen-bond donors (Lipinski definition) is 4. The third kappa shape index (κ3) is 6.79. The van der Waals surface area contributed by atoms with Crippen LogP contribution in [0.25, 0.3) is 0 Å². The second-order valence-electron chi connectivity index (χ2n) is 5.94. The molecule has 2 rings (SSSR count). The number of primary sulfonamides is 1. The van der Waals surface area contributed by atoms with E-state index in [0.29, 0.717) is 17.2 Å². The fraction of sp³-hybridized carbons (Fsp3) is 0.235. The second kappa shape index (κ2) is 9.65. The standard InChI is InChI=1S/C17H22N4O7S2/c1-27-13-5-8-15(16(11-13)28-2)20-17(22)19-9-10-29(23,24)21-12-3-6-14(7-4-12)30(18,25)26/h3-8,11,21H,9-10H2,1-2H3,(H2,18,25,26)(H2,19,20,22). The molecule has 2 aromatic carbocycles. The van der Waals surface area contributed by atoms with Crippen molar-refractivity contribution < 1.29 is 31.1 Å². The molecule has 5 N–H and O–H groups in total. The Morgan fingerprint density at radius 2 is 1.67 bits per heavy atom. The van der Waals surface area contributed by atoms with Crippen molar-refractivity contribution in [3.8, 4) is 11.5 Å². The minimum Gasteiger partial charge on any atom is -0.497 e. The van der Waals surface area contributed by atoms with Crippen LogP contribution in [0.15, 0.2) is 47.4 Å². The lowest BCUT2D eigenvalue weighted by molar-refractivity contribution is 0.252. The van der Waals surface area contributed by atoms with E-state index in [1.165, 1.54) is 38.5 Å². The Balaban J connectivity index is 1.88. The fourth-order valence-corrected chi connectivity index (χ4v) is 3.79. The van der Waals surface area contributed by atoms with Crippen LogP contribution in [0.4, 0.5) is 16.2 Å². The Labute approximate surface area is 174 Å². The van der Waals surface area contributed by atoms with Gasteiger partial charge in [0.2, 0.25) is 20.0 Å². The zero-order chi connectivity index (χ0) is 22.4. The molecule has 0 unspecified atom stereocenters. The molecular formula is C17H22N4O7S2. The van der Waals surface area contributed by atoms with Gasteiger partial charge in [-0.3, -0.25) is 4.72 Å². The first-order chi connectivity index (χ1) is 14.0. The first-order valence-electron chi connectivity index (χ1n) is 8.44. The van der Waals surface area contributed by atoms with Gasteiger partial charge in [0.25, 0.3) is 0 Å². The van der Waals surface area contributed by atoms with E-state index in [1.54, 1.807) is 18.2 Å². The summed E-state index contributed by atoms with van der Waals surface area (Å²) in [5.74, 6) is 0.519. The summed E-state index contributed by atoms with van der Waals surface area (Å²) in [7, 11) is -4.72. The first kappa shape index (κ1) is 23.3. The third-order valence-electron chi connectivity index (χ3n) is 3.77. The Kier molecular flexibility index (Phi) is 7.48. The zero-order valence-corrected chi connectivity index (χ0v) is 17.8. The van der Waals surface area contributed by atoms with Crippen LogP contribution in [0, 0.1) is 0 Å². The summed E-state index contributed by atoms with van der Waals surface area (Å²) in [4.78, 5) is 11.9. The lowest BCUT2D eigenvalue weighted by Gasteiger charge is -2.13. The van der Waals surface area contributed by atoms with Gasteiger partial charge in [-0.15, -0.1) is 0 Å². The molecule has 0 saturated carbocycles. The lowest BCUT2D eigenvalue weighted by atomic mass is 10.2. The van der Waals surface area contributed by atoms with Crippen molar-refractivity contribution in [2.75, 3.05) is 36.6 Å². The van der Waals surface area contributed by atoms with E-state index < -0.39 is 31.8 Å². The van der Waals surface area contributed by atoms with Crippen molar-refractivity contribution in [3.63, 3.8) is 0 Å². The molecule has 13 heteroatoms. The van der Waals surface area contributed by atoms with Crippen LogP contribution in [0.2, 0.25) is 0 Å². The molecule has 2 amide bonds. The van der Waals surface area contributed by atoms with Gasteiger partial charge in [0.1, 0.15) is 11.5 Å². The predicted molar refractivity (Wildman–Crippen MR) is 112 cm³/mol. The first-order valence-corrected chi connectivity index (χ1v) is 11.6. The summed E-state index contributed by atoms with van der Waals surface area (Å²) in [5, 5.41) is 9.97. The van der Waals surface area contributed by atoms with Gasteiger partial charge < -0.3 is 20.1 Å². The number of ether oxygens (including phenoxy) is 2. The molecule has 0 fully saturated rings. The summed E-state index contributed by atoms with van der Waals surface area (Å²) in [6, 6.07) is 9.09. The molecule has 0 bridgehead atoms. The van der Waals surface area contributed by atoms with Crippen molar-refractivity contribution in [1.29, 1.82) is 0 Å². The van der Waals surface area contributed by atoms with E-state index in [-0.39, 0.29) is 17.1 Å². The number of anilines is 2. The van der Waals surface area contributed by atoms with E-state index in [2.05, 4.69) is 15.4 Å². The highest BCUT2D eigenvalue weighted by atomic mass is 32.2. The molecule has 30 heavy (non-hydrogen) atoms. The van der Waals surface area contributed by atoms with Gasteiger partial charge in [-0.1, -0.05) is 0 Å². The number of sulfonamides is 2. The number of hydrogen-bond acceptors (Lipinski definition) is 7. The number of urea groups is 1. The van der Waals surface area contributed by atoms with Crippen LogP contribution in [0.3, 0.4) is 0 Å². The van der Waals surface area contributed by atoms with Gasteiger partial charge in [0.15, 0.2) is 0 Å². The average molecular weight is 459 g/mol. The van der Waals surface area contributed by atoms with Crippen molar-refractivity contribution in [2.24, 2.45) is 5.14 Å². The van der Waals surface area contributed by atoms with Crippen LogP contribution < -0.4 is 30.0 Å². The summed E-state index contributed by atoms with van der Waals surface area (Å²) in [6.45, 7) is -0.172. The number of carbonyl (C=O) groups is 1. The fourth-order valence-electron chi connectivity index (χ4n) is 2.31. The van der Waals surface area contributed by atoms with E-state index in [0.717, 1.165) is 0 Å². The molecule has 2 aromatic rings. The summed E-state index contributed by atoms with van der Waals surface area (Å²) in [6.07, 6.45) is 0. The Morgan fingerprint density at radius 1 is 1.00 bits per heavy atom. The normalized spacial score (nSPS) is 11.4. The Morgan fingerprint density at radius 3 is 2.23 bits per heavy atom. The monoisotopic (exact) mass is 458 g/mol. The topological polar surface area (TPSA) is 166 Å². The second-order valence-corrected chi connectivity index (χ2v) is 9.34. The number of carbonyl (C=O) groups excluding carboxylic acids is 1. The summed E-state index contributed by atoms with van der Waals surface area (Å²) >= 11 is 0. The van der Waals surface area contributed by atoms with Crippen LogP contribution in [0.1, 0.15) is 0 Å². The number of rotatable bonds is 9. The minimum absolute atomic E-state index is 0.141. The maximum atomic E-state index is 12.1. The van der Waals surface area contributed by atoms with E-state index >= 15 is 0 Å². The Bertz CT molecular complexity index is 1100. The number of methoxy groups -OCH3 is 2. The largest absolute Gasteiger partial charge is 0.497 e. The van der Waals surface area contributed by atoms with Gasteiger partial charge in [-0.2, -0.15) is 0 Å². The lowest BCUT2D eigenvalue weighted by Crippen LogP contribution is -2.34. The van der Waals surface area contributed by atoms with Crippen molar-refractivity contribution in [3.05, 3.63) is 42.5 Å². The maximum Gasteiger partial charge on any atom is 0.319 e. The third-order valence-corrected chi connectivity index (χ3v) is 5.99. The van der Waals surface area contributed by atoms with E-state index in [1.807, 2.05) is 0 Å². The number of nitrogens with one attached hydrogen (secondary N) is 3. The maximum absolute atomic E-state index is 12.1. The van der Waals surface area contributed by atoms with Gasteiger partial charge in [-0.05, 0) is 36.4 Å². The molecule has 0 aliphatic heterocycles. The van der Waals surface area contributed by atoms with Gasteiger partial charge in [0, 0.05) is 18.3 Å². The van der Waals surface area contributed by atoms with Crippen molar-refractivity contribution in [2.45, 2.75) is 4.90 Å². The number of amides is 2. The highest BCUT2D eigenvalue weighted by molar-refractivity contribution is 7.92. The van der Waals surface area contributed by atoms with Crippen LogP contribution in [0.5, 0.6) is 11.5 Å². The molecule has 0 atom stereocenters. The molecule has 0 aliphatic rings. The quantitative estimate of drug-likeness (QED) is 0.433. The van der Waals surface area contributed by atoms with E-state index in [9.17, 15) is 21.6 Å².